The quantitative estimate of drug-likeness (QED) is 0.773. The van der Waals surface area contributed by atoms with E-state index in [0.29, 0.717) is 19.0 Å². The van der Waals surface area contributed by atoms with E-state index < -0.39 is 10.0 Å². The second kappa shape index (κ2) is 5.47. The SMILES string of the molecule is O=S(=O)(NCC1CCCCC1)C1CCNC1. The van der Waals surface area contributed by atoms with E-state index in [1.54, 1.807) is 0 Å². The van der Waals surface area contributed by atoms with E-state index in [2.05, 4.69) is 10.0 Å². The molecule has 94 valence electrons. The Balaban J connectivity index is 1.79. The van der Waals surface area contributed by atoms with Crippen LogP contribution in [0.15, 0.2) is 0 Å². The van der Waals surface area contributed by atoms with Gasteiger partial charge in [0.25, 0.3) is 0 Å². The molecule has 4 nitrogen and oxygen atoms in total. The molecule has 2 N–H and O–H groups in total. The maximum atomic E-state index is 11.9. The van der Waals surface area contributed by atoms with E-state index in [4.69, 9.17) is 0 Å². The molecule has 1 unspecified atom stereocenters. The molecule has 1 heterocycles. The molecule has 2 fully saturated rings. The summed E-state index contributed by atoms with van der Waals surface area (Å²) in [6.07, 6.45) is 6.96. The van der Waals surface area contributed by atoms with Gasteiger partial charge in [-0.3, -0.25) is 0 Å². The Bertz CT molecular complexity index is 304. The molecule has 1 atom stereocenters. The van der Waals surface area contributed by atoms with Crippen molar-refractivity contribution in [2.75, 3.05) is 19.6 Å². The third kappa shape index (κ3) is 3.18. The van der Waals surface area contributed by atoms with Crippen LogP contribution in [0.5, 0.6) is 0 Å². The molecule has 2 aliphatic rings. The highest BCUT2D eigenvalue weighted by atomic mass is 32.2. The van der Waals surface area contributed by atoms with Crippen molar-refractivity contribution in [3.05, 3.63) is 0 Å². The lowest BCUT2D eigenvalue weighted by atomic mass is 9.90. The molecule has 1 saturated carbocycles. The van der Waals surface area contributed by atoms with Gasteiger partial charge < -0.3 is 5.32 Å². The van der Waals surface area contributed by atoms with Gasteiger partial charge in [0.2, 0.25) is 10.0 Å². The van der Waals surface area contributed by atoms with Gasteiger partial charge in [-0.15, -0.1) is 0 Å². The highest BCUT2D eigenvalue weighted by molar-refractivity contribution is 7.90. The van der Waals surface area contributed by atoms with Crippen LogP contribution in [0.2, 0.25) is 0 Å². The molecule has 1 aliphatic heterocycles. The van der Waals surface area contributed by atoms with Gasteiger partial charge in [0, 0.05) is 13.1 Å². The Morgan fingerprint density at radius 1 is 1.12 bits per heavy atom. The van der Waals surface area contributed by atoms with E-state index in [1.165, 1.54) is 32.1 Å². The second-order valence-corrected chi connectivity index (χ2v) is 7.06. The number of rotatable bonds is 4. The van der Waals surface area contributed by atoms with E-state index >= 15 is 0 Å². The van der Waals surface area contributed by atoms with Gasteiger partial charge in [0.15, 0.2) is 0 Å². The third-order valence-electron chi connectivity index (χ3n) is 3.75. The molecule has 0 radical (unpaired) electrons. The highest BCUT2D eigenvalue weighted by Gasteiger charge is 2.28. The Labute approximate surface area is 98.2 Å². The van der Waals surface area contributed by atoms with E-state index in [9.17, 15) is 8.42 Å². The summed E-state index contributed by atoms with van der Waals surface area (Å²) in [4.78, 5) is 0. The molecule has 0 aromatic rings. The van der Waals surface area contributed by atoms with Gasteiger partial charge in [-0.05, 0) is 31.7 Å². The summed E-state index contributed by atoms with van der Waals surface area (Å²) < 4.78 is 26.7. The Morgan fingerprint density at radius 3 is 2.50 bits per heavy atom. The molecule has 2 rings (SSSR count). The van der Waals surface area contributed by atoms with Crippen LogP contribution in [0.25, 0.3) is 0 Å². The Morgan fingerprint density at radius 2 is 1.88 bits per heavy atom. The molecule has 0 aromatic heterocycles. The summed E-state index contributed by atoms with van der Waals surface area (Å²) in [5.74, 6) is 0.567. The molecule has 0 bridgehead atoms. The van der Waals surface area contributed by atoms with Gasteiger partial charge in [0.1, 0.15) is 0 Å². The highest BCUT2D eigenvalue weighted by Crippen LogP contribution is 2.23. The molecule has 0 spiro atoms. The van der Waals surface area contributed by atoms with Crippen molar-refractivity contribution >= 4 is 10.0 Å². The van der Waals surface area contributed by atoms with Crippen LogP contribution in [-0.4, -0.2) is 33.3 Å². The topological polar surface area (TPSA) is 58.2 Å². The first-order valence-corrected chi connectivity index (χ1v) is 7.92. The Hall–Kier alpha value is -0.130. The van der Waals surface area contributed by atoms with Gasteiger partial charge in [-0.1, -0.05) is 19.3 Å². The fourth-order valence-corrected chi connectivity index (χ4v) is 4.11. The monoisotopic (exact) mass is 246 g/mol. The smallest absolute Gasteiger partial charge is 0.215 e. The van der Waals surface area contributed by atoms with Gasteiger partial charge in [0.05, 0.1) is 5.25 Å². The summed E-state index contributed by atoms with van der Waals surface area (Å²) in [5.41, 5.74) is 0. The predicted molar refractivity (Wildman–Crippen MR) is 64.8 cm³/mol. The standard InChI is InChI=1S/C11H22N2O2S/c14-16(15,11-6-7-12-9-11)13-8-10-4-2-1-3-5-10/h10-13H,1-9H2. The summed E-state index contributed by atoms with van der Waals surface area (Å²) in [5, 5.41) is 2.89. The first-order valence-electron chi connectivity index (χ1n) is 6.38. The first-order chi connectivity index (χ1) is 7.68. The molecule has 1 saturated heterocycles. The maximum Gasteiger partial charge on any atom is 0.215 e. The zero-order chi connectivity index (χ0) is 11.4. The first kappa shape index (κ1) is 12.3. The van der Waals surface area contributed by atoms with Crippen molar-refractivity contribution in [3.63, 3.8) is 0 Å². The lowest BCUT2D eigenvalue weighted by Gasteiger charge is -2.22. The predicted octanol–water partition coefficient (Wildman–Crippen LogP) is 0.848. The summed E-state index contributed by atoms with van der Waals surface area (Å²) in [7, 11) is -3.07. The maximum absolute atomic E-state index is 11.9. The number of sulfonamides is 1. The van der Waals surface area contributed by atoms with Crippen molar-refractivity contribution in [3.8, 4) is 0 Å². The minimum absolute atomic E-state index is 0.212. The van der Waals surface area contributed by atoms with E-state index in [-0.39, 0.29) is 5.25 Å². The number of hydrogen-bond donors (Lipinski definition) is 2. The van der Waals surface area contributed by atoms with Crippen LogP contribution in [0.4, 0.5) is 0 Å². The summed E-state index contributed by atoms with van der Waals surface area (Å²) in [6, 6.07) is 0. The van der Waals surface area contributed by atoms with E-state index in [0.717, 1.165) is 13.0 Å². The molecular weight excluding hydrogens is 224 g/mol. The zero-order valence-electron chi connectivity index (χ0n) is 9.74. The van der Waals surface area contributed by atoms with Crippen molar-refractivity contribution in [1.29, 1.82) is 0 Å². The fraction of sp³-hybridized carbons (Fsp3) is 1.00. The van der Waals surface area contributed by atoms with Crippen LogP contribution in [-0.2, 0) is 10.0 Å². The van der Waals surface area contributed by atoms with Crippen molar-refractivity contribution < 1.29 is 8.42 Å². The summed E-state index contributed by atoms with van der Waals surface area (Å²) in [6.45, 7) is 2.09. The molecule has 16 heavy (non-hydrogen) atoms. The molecule has 0 amide bonds. The van der Waals surface area contributed by atoms with Crippen LogP contribution in [0.1, 0.15) is 38.5 Å². The number of hydrogen-bond acceptors (Lipinski definition) is 3. The van der Waals surface area contributed by atoms with Gasteiger partial charge >= 0.3 is 0 Å². The lowest BCUT2D eigenvalue weighted by Crippen LogP contribution is -2.38. The molecule has 5 heteroatoms. The molecular formula is C11H22N2O2S. The minimum Gasteiger partial charge on any atom is -0.315 e. The average molecular weight is 246 g/mol. The van der Waals surface area contributed by atoms with Crippen LogP contribution < -0.4 is 10.0 Å². The summed E-state index contributed by atoms with van der Waals surface area (Å²) >= 11 is 0. The average Bonchev–Trinajstić information content (AvgIpc) is 2.82. The van der Waals surface area contributed by atoms with Crippen molar-refractivity contribution in [2.24, 2.45) is 5.92 Å². The van der Waals surface area contributed by atoms with Gasteiger partial charge in [-0.2, -0.15) is 0 Å². The van der Waals surface area contributed by atoms with E-state index in [1.807, 2.05) is 0 Å². The van der Waals surface area contributed by atoms with Crippen molar-refractivity contribution in [1.82, 2.24) is 10.0 Å². The number of nitrogens with one attached hydrogen (secondary N) is 2. The molecule has 0 aromatic carbocycles. The fourth-order valence-electron chi connectivity index (χ4n) is 2.64. The Kier molecular flexibility index (Phi) is 4.21. The lowest BCUT2D eigenvalue weighted by molar-refractivity contribution is 0.356. The van der Waals surface area contributed by atoms with Crippen LogP contribution >= 0.6 is 0 Å². The zero-order valence-corrected chi connectivity index (χ0v) is 10.6. The van der Waals surface area contributed by atoms with Crippen LogP contribution in [0.3, 0.4) is 0 Å². The largest absolute Gasteiger partial charge is 0.315 e. The van der Waals surface area contributed by atoms with Crippen molar-refractivity contribution in [2.45, 2.75) is 43.8 Å². The normalized spacial score (nSPS) is 28.4. The van der Waals surface area contributed by atoms with Crippen LogP contribution in [0, 0.1) is 5.92 Å². The molecule has 1 aliphatic carbocycles. The second-order valence-electron chi connectivity index (χ2n) is 5.01. The minimum atomic E-state index is -3.07. The van der Waals surface area contributed by atoms with Gasteiger partial charge in [-0.25, -0.2) is 13.1 Å². The third-order valence-corrected chi connectivity index (χ3v) is 5.60.